The monoisotopic (exact) mass is 285 g/mol. The highest BCUT2D eigenvalue weighted by molar-refractivity contribution is 7.94. The molecule has 0 amide bonds. The Morgan fingerprint density at radius 1 is 1.22 bits per heavy atom. The number of carbonyl (C=O) groups excluding carboxylic acids is 1. The van der Waals surface area contributed by atoms with E-state index in [9.17, 15) is 13.2 Å². The van der Waals surface area contributed by atoms with Crippen LogP contribution in [-0.4, -0.2) is 30.7 Å². The maximum Gasteiger partial charge on any atom is 0.177 e. The van der Waals surface area contributed by atoms with E-state index >= 15 is 0 Å². The van der Waals surface area contributed by atoms with Crippen LogP contribution in [0.1, 0.15) is 21.5 Å². The molecule has 0 radical (unpaired) electrons. The second-order valence-corrected chi connectivity index (χ2v) is 6.81. The van der Waals surface area contributed by atoms with E-state index in [0.29, 0.717) is 5.56 Å². The first-order chi connectivity index (χ1) is 8.21. The zero-order valence-corrected chi connectivity index (χ0v) is 11.9. The molecule has 0 spiro atoms. The number of thiocarbonyl (C=S) groups is 1. The molecule has 1 aromatic rings. The average molecular weight is 285 g/mol. The predicted molar refractivity (Wildman–Crippen MR) is 75.7 cm³/mol. The Bertz CT molecular complexity index is 591. The summed E-state index contributed by atoms with van der Waals surface area (Å²) in [6.45, 7) is 3.79. The molecule has 0 aliphatic rings. The smallest absolute Gasteiger partial charge is 0.177 e. The number of nitrogens with two attached hydrogens (primary N) is 1. The van der Waals surface area contributed by atoms with Gasteiger partial charge in [-0.05, 0) is 31.0 Å². The summed E-state index contributed by atoms with van der Waals surface area (Å²) in [5, 5.41) is 0. The van der Waals surface area contributed by atoms with Gasteiger partial charge in [0.15, 0.2) is 15.6 Å². The molecule has 1 rings (SSSR count). The molecule has 98 valence electrons. The van der Waals surface area contributed by atoms with Crippen molar-refractivity contribution in [3.05, 3.63) is 34.9 Å². The molecule has 0 aliphatic heterocycles. The molecular weight excluding hydrogens is 270 g/mol. The Balaban J connectivity index is 2.89. The fourth-order valence-corrected chi connectivity index (χ4v) is 3.11. The summed E-state index contributed by atoms with van der Waals surface area (Å²) in [5.74, 6) is -1.43. The van der Waals surface area contributed by atoms with Crippen molar-refractivity contribution in [1.82, 2.24) is 0 Å². The fraction of sp³-hybridized carbons (Fsp3) is 0.333. The van der Waals surface area contributed by atoms with Crippen molar-refractivity contribution in [2.75, 3.05) is 11.5 Å². The van der Waals surface area contributed by atoms with Gasteiger partial charge in [-0.25, -0.2) is 8.42 Å². The van der Waals surface area contributed by atoms with Gasteiger partial charge in [0, 0.05) is 5.56 Å². The van der Waals surface area contributed by atoms with Crippen molar-refractivity contribution in [3.8, 4) is 0 Å². The fourth-order valence-electron chi connectivity index (χ4n) is 1.47. The molecule has 0 saturated carbocycles. The normalized spacial score (nSPS) is 11.2. The number of hydrogen-bond donors (Lipinski definition) is 1. The molecule has 0 unspecified atom stereocenters. The lowest BCUT2D eigenvalue weighted by Gasteiger charge is -2.05. The minimum atomic E-state index is -3.57. The van der Waals surface area contributed by atoms with E-state index in [4.69, 9.17) is 5.73 Å². The van der Waals surface area contributed by atoms with E-state index in [1.165, 1.54) is 0 Å². The SMILES string of the molecule is Cc1ccc(C(=O)CS(=O)(=O)CC(N)=S)cc1C. The van der Waals surface area contributed by atoms with E-state index in [1.54, 1.807) is 18.2 Å². The summed E-state index contributed by atoms with van der Waals surface area (Å²) in [5.41, 5.74) is 7.58. The summed E-state index contributed by atoms with van der Waals surface area (Å²) < 4.78 is 23.2. The Hall–Kier alpha value is -1.27. The maximum atomic E-state index is 11.8. The van der Waals surface area contributed by atoms with Crippen molar-refractivity contribution in [3.63, 3.8) is 0 Å². The summed E-state index contributed by atoms with van der Waals surface area (Å²) >= 11 is 4.54. The second kappa shape index (κ2) is 5.58. The topological polar surface area (TPSA) is 77.2 Å². The first-order valence-electron chi connectivity index (χ1n) is 5.30. The second-order valence-electron chi connectivity index (χ2n) is 4.22. The van der Waals surface area contributed by atoms with Crippen LogP contribution in [0.5, 0.6) is 0 Å². The molecular formula is C12H15NO3S2. The number of hydrogen-bond acceptors (Lipinski definition) is 4. The van der Waals surface area contributed by atoms with E-state index in [-0.39, 0.29) is 4.99 Å². The Kier molecular flexibility index (Phi) is 4.59. The highest BCUT2D eigenvalue weighted by Gasteiger charge is 2.19. The number of sulfone groups is 1. The summed E-state index contributed by atoms with van der Waals surface area (Å²) in [7, 11) is -3.57. The molecule has 4 nitrogen and oxygen atoms in total. The van der Waals surface area contributed by atoms with E-state index in [0.717, 1.165) is 11.1 Å². The van der Waals surface area contributed by atoms with Gasteiger partial charge in [-0.3, -0.25) is 4.79 Å². The van der Waals surface area contributed by atoms with Crippen LogP contribution in [0.15, 0.2) is 18.2 Å². The van der Waals surface area contributed by atoms with Crippen LogP contribution in [0.25, 0.3) is 0 Å². The average Bonchev–Trinajstić information content (AvgIpc) is 2.19. The van der Waals surface area contributed by atoms with Crippen LogP contribution < -0.4 is 5.73 Å². The third-order valence-corrected chi connectivity index (χ3v) is 4.32. The minimum absolute atomic E-state index is 0.122. The van der Waals surface area contributed by atoms with Crippen LogP contribution in [0, 0.1) is 13.8 Å². The van der Waals surface area contributed by atoms with Gasteiger partial charge in [0.05, 0.1) is 4.99 Å². The van der Waals surface area contributed by atoms with Gasteiger partial charge in [-0.15, -0.1) is 0 Å². The largest absolute Gasteiger partial charge is 0.392 e. The highest BCUT2D eigenvalue weighted by atomic mass is 32.2. The predicted octanol–water partition coefficient (Wildman–Crippen LogP) is 1.19. The zero-order chi connectivity index (χ0) is 13.9. The number of benzene rings is 1. The summed E-state index contributed by atoms with van der Waals surface area (Å²) in [6, 6.07) is 5.11. The van der Waals surface area contributed by atoms with Gasteiger partial charge in [0.2, 0.25) is 0 Å². The molecule has 6 heteroatoms. The van der Waals surface area contributed by atoms with Crippen molar-refractivity contribution in [2.45, 2.75) is 13.8 Å². The quantitative estimate of drug-likeness (QED) is 0.649. The van der Waals surface area contributed by atoms with Gasteiger partial charge in [0.1, 0.15) is 11.5 Å². The number of aryl methyl sites for hydroxylation is 2. The van der Waals surface area contributed by atoms with Gasteiger partial charge in [-0.2, -0.15) is 0 Å². The zero-order valence-electron chi connectivity index (χ0n) is 10.3. The highest BCUT2D eigenvalue weighted by Crippen LogP contribution is 2.11. The number of rotatable bonds is 5. The van der Waals surface area contributed by atoms with Gasteiger partial charge < -0.3 is 5.73 Å². The van der Waals surface area contributed by atoms with E-state index in [2.05, 4.69) is 12.2 Å². The Labute approximate surface area is 112 Å². The van der Waals surface area contributed by atoms with Crippen molar-refractivity contribution < 1.29 is 13.2 Å². The van der Waals surface area contributed by atoms with Crippen LogP contribution in [0.2, 0.25) is 0 Å². The summed E-state index contributed by atoms with van der Waals surface area (Å²) in [6.07, 6.45) is 0. The van der Waals surface area contributed by atoms with Crippen molar-refractivity contribution in [2.24, 2.45) is 5.73 Å². The molecule has 18 heavy (non-hydrogen) atoms. The van der Waals surface area contributed by atoms with Gasteiger partial charge in [-0.1, -0.05) is 24.4 Å². The number of Topliss-reactive ketones (excluding diaryl/α,β-unsaturated/α-hetero) is 1. The van der Waals surface area contributed by atoms with E-state index < -0.39 is 27.1 Å². The van der Waals surface area contributed by atoms with Crippen LogP contribution in [0.4, 0.5) is 0 Å². The van der Waals surface area contributed by atoms with Gasteiger partial charge >= 0.3 is 0 Å². The van der Waals surface area contributed by atoms with Gasteiger partial charge in [0.25, 0.3) is 0 Å². The first kappa shape index (κ1) is 14.8. The van der Waals surface area contributed by atoms with Crippen LogP contribution in [0.3, 0.4) is 0 Å². The third kappa shape index (κ3) is 4.19. The molecule has 2 N–H and O–H groups in total. The molecule has 0 fully saturated rings. The summed E-state index contributed by atoms with van der Waals surface area (Å²) in [4.78, 5) is 11.7. The third-order valence-electron chi connectivity index (χ3n) is 2.54. The van der Waals surface area contributed by atoms with Crippen LogP contribution in [-0.2, 0) is 9.84 Å². The number of carbonyl (C=O) groups is 1. The Morgan fingerprint density at radius 2 is 1.83 bits per heavy atom. The maximum absolute atomic E-state index is 11.8. The molecule has 0 saturated heterocycles. The first-order valence-corrected chi connectivity index (χ1v) is 7.53. The van der Waals surface area contributed by atoms with Crippen molar-refractivity contribution >= 4 is 32.8 Å². The van der Waals surface area contributed by atoms with Crippen LogP contribution >= 0.6 is 12.2 Å². The lowest BCUT2D eigenvalue weighted by Crippen LogP contribution is -2.26. The number of ketones is 1. The molecule has 0 heterocycles. The Morgan fingerprint density at radius 3 is 2.33 bits per heavy atom. The molecule has 0 bridgehead atoms. The molecule has 0 atom stereocenters. The molecule has 0 aromatic heterocycles. The lowest BCUT2D eigenvalue weighted by molar-refractivity contribution is 0.102. The minimum Gasteiger partial charge on any atom is -0.392 e. The molecule has 0 aliphatic carbocycles. The molecule has 1 aromatic carbocycles. The lowest BCUT2D eigenvalue weighted by atomic mass is 10.0. The van der Waals surface area contributed by atoms with E-state index in [1.807, 2.05) is 13.8 Å². The standard InChI is InChI=1S/C12H15NO3S2/c1-8-3-4-10(5-9(8)2)11(14)6-18(15,16)7-12(13)17/h3-5H,6-7H2,1-2H3,(H2,13,17). The van der Waals surface area contributed by atoms with Crippen molar-refractivity contribution in [1.29, 1.82) is 0 Å².